The molecular formula is C11H13Br3O. The maximum Gasteiger partial charge on any atom is 0.147 e. The summed E-state index contributed by atoms with van der Waals surface area (Å²) in [5, 5.41) is 0.836. The fraction of sp³-hybridized carbons (Fsp3) is 0.455. The predicted molar refractivity (Wildman–Crippen MR) is 75.1 cm³/mol. The fourth-order valence-electron chi connectivity index (χ4n) is 1.32. The highest BCUT2D eigenvalue weighted by Gasteiger charge is 2.08. The molecule has 1 aromatic carbocycles. The summed E-state index contributed by atoms with van der Waals surface area (Å²) < 4.78 is 7.64. The van der Waals surface area contributed by atoms with Crippen LogP contribution < -0.4 is 4.74 Å². The van der Waals surface area contributed by atoms with E-state index in [-0.39, 0.29) is 0 Å². The molecule has 0 aromatic heterocycles. The molecule has 0 fully saturated rings. The van der Waals surface area contributed by atoms with Gasteiger partial charge in [-0.3, -0.25) is 0 Å². The lowest BCUT2D eigenvalue weighted by atomic mass is 10.1. The molecule has 0 aliphatic rings. The molecule has 1 rings (SSSR count). The Morgan fingerprint density at radius 2 is 1.80 bits per heavy atom. The molecule has 0 bridgehead atoms. The molecule has 1 aromatic rings. The van der Waals surface area contributed by atoms with Crippen LogP contribution in [-0.2, 0) is 6.42 Å². The van der Waals surface area contributed by atoms with Gasteiger partial charge in [-0.15, -0.1) is 0 Å². The molecule has 0 unspecified atom stereocenters. The average molecular weight is 401 g/mol. The fourth-order valence-corrected chi connectivity index (χ4v) is 3.00. The number of benzene rings is 1. The third-order valence-corrected chi connectivity index (χ3v) is 3.42. The Morgan fingerprint density at radius 3 is 2.27 bits per heavy atom. The van der Waals surface area contributed by atoms with E-state index in [0.29, 0.717) is 6.61 Å². The van der Waals surface area contributed by atoms with E-state index in [1.807, 2.05) is 0 Å². The van der Waals surface area contributed by atoms with Crippen LogP contribution in [-0.4, -0.2) is 11.9 Å². The average Bonchev–Trinajstić information content (AvgIpc) is 2.17. The van der Waals surface area contributed by atoms with E-state index >= 15 is 0 Å². The summed E-state index contributed by atoms with van der Waals surface area (Å²) in [5.74, 6) is 0.884. The molecule has 0 N–H and O–H groups in total. The van der Waals surface area contributed by atoms with E-state index in [1.165, 1.54) is 5.56 Å². The number of aryl methyl sites for hydroxylation is 1. The molecule has 0 aliphatic carbocycles. The third-order valence-electron chi connectivity index (χ3n) is 1.92. The van der Waals surface area contributed by atoms with Crippen LogP contribution in [0.5, 0.6) is 5.75 Å². The van der Waals surface area contributed by atoms with Crippen molar-refractivity contribution in [2.24, 2.45) is 0 Å². The number of hydrogen-bond acceptors (Lipinski definition) is 1. The lowest BCUT2D eigenvalue weighted by Crippen LogP contribution is -1.99. The zero-order chi connectivity index (χ0) is 11.3. The van der Waals surface area contributed by atoms with E-state index < -0.39 is 0 Å². The van der Waals surface area contributed by atoms with Crippen molar-refractivity contribution in [3.8, 4) is 5.75 Å². The predicted octanol–water partition coefficient (Wildman–Crippen LogP) is 4.94. The minimum Gasteiger partial charge on any atom is -0.490 e. The smallest absolute Gasteiger partial charge is 0.147 e. The van der Waals surface area contributed by atoms with Crippen molar-refractivity contribution in [1.82, 2.24) is 0 Å². The van der Waals surface area contributed by atoms with Crippen molar-refractivity contribution in [3.63, 3.8) is 0 Å². The van der Waals surface area contributed by atoms with Gasteiger partial charge in [0.05, 0.1) is 15.6 Å². The highest BCUT2D eigenvalue weighted by atomic mass is 79.9. The van der Waals surface area contributed by atoms with Gasteiger partial charge in [-0.1, -0.05) is 29.3 Å². The van der Waals surface area contributed by atoms with Gasteiger partial charge in [0.15, 0.2) is 0 Å². The molecule has 0 radical (unpaired) electrons. The van der Waals surface area contributed by atoms with Crippen molar-refractivity contribution in [3.05, 3.63) is 26.6 Å². The molecule has 4 heteroatoms. The summed E-state index contributed by atoms with van der Waals surface area (Å²) in [6.45, 7) is 2.85. The van der Waals surface area contributed by atoms with Gasteiger partial charge in [-0.25, -0.2) is 0 Å². The van der Waals surface area contributed by atoms with Crippen molar-refractivity contribution >= 4 is 47.8 Å². The highest BCUT2D eigenvalue weighted by molar-refractivity contribution is 9.11. The zero-order valence-corrected chi connectivity index (χ0v) is 13.3. The van der Waals surface area contributed by atoms with E-state index in [1.54, 1.807) is 0 Å². The minimum atomic E-state index is 0.671. The van der Waals surface area contributed by atoms with E-state index in [0.717, 1.165) is 32.9 Å². The minimum absolute atomic E-state index is 0.671. The Labute approximate surface area is 116 Å². The molecule has 0 saturated heterocycles. The Hall–Kier alpha value is 0.460. The van der Waals surface area contributed by atoms with Gasteiger partial charge in [-0.2, -0.15) is 0 Å². The van der Waals surface area contributed by atoms with E-state index in [2.05, 4.69) is 66.8 Å². The van der Waals surface area contributed by atoms with Gasteiger partial charge in [0.1, 0.15) is 5.75 Å². The van der Waals surface area contributed by atoms with E-state index in [4.69, 9.17) is 4.74 Å². The van der Waals surface area contributed by atoms with Gasteiger partial charge in [-0.05, 0) is 56.0 Å². The van der Waals surface area contributed by atoms with Crippen molar-refractivity contribution in [2.75, 3.05) is 11.9 Å². The van der Waals surface area contributed by atoms with Crippen LogP contribution in [0.2, 0.25) is 0 Å². The summed E-state index contributed by atoms with van der Waals surface area (Å²) in [6.07, 6.45) is 2.25. The molecule has 0 heterocycles. The summed E-state index contributed by atoms with van der Waals surface area (Å²) in [7, 11) is 0. The first-order valence-corrected chi connectivity index (χ1v) is 7.56. The first-order chi connectivity index (χ1) is 7.19. The molecule has 1 nitrogen and oxygen atoms in total. The number of rotatable bonds is 5. The second-order valence-corrected chi connectivity index (χ2v) is 5.68. The third kappa shape index (κ3) is 4.08. The molecule has 0 saturated carbocycles. The Bertz CT molecular complexity index is 303. The standard InChI is InChI=1S/C11H13Br3O/c1-2-3-8-6-9(13)11(10(14)7-8)15-5-4-12/h6-7H,2-5H2,1H3. The lowest BCUT2D eigenvalue weighted by Gasteiger charge is -2.11. The Morgan fingerprint density at radius 1 is 1.20 bits per heavy atom. The SMILES string of the molecule is CCCc1cc(Br)c(OCCBr)c(Br)c1. The topological polar surface area (TPSA) is 9.23 Å². The van der Waals surface area contributed by atoms with Crippen LogP contribution >= 0.6 is 47.8 Å². The highest BCUT2D eigenvalue weighted by Crippen LogP contribution is 2.35. The van der Waals surface area contributed by atoms with Gasteiger partial charge in [0.2, 0.25) is 0 Å². The van der Waals surface area contributed by atoms with Gasteiger partial charge in [0, 0.05) is 5.33 Å². The van der Waals surface area contributed by atoms with E-state index in [9.17, 15) is 0 Å². The van der Waals surface area contributed by atoms with Crippen LogP contribution in [0, 0.1) is 0 Å². The van der Waals surface area contributed by atoms with Gasteiger partial charge in [0.25, 0.3) is 0 Å². The van der Waals surface area contributed by atoms with Crippen LogP contribution in [0.3, 0.4) is 0 Å². The number of hydrogen-bond donors (Lipinski definition) is 0. The van der Waals surface area contributed by atoms with Crippen LogP contribution in [0.15, 0.2) is 21.1 Å². The largest absolute Gasteiger partial charge is 0.490 e. The quantitative estimate of drug-likeness (QED) is 0.636. The second-order valence-electron chi connectivity index (χ2n) is 3.18. The van der Waals surface area contributed by atoms with Crippen molar-refractivity contribution in [2.45, 2.75) is 19.8 Å². The summed E-state index contributed by atoms with van der Waals surface area (Å²) in [5.41, 5.74) is 1.32. The van der Waals surface area contributed by atoms with Gasteiger partial charge >= 0.3 is 0 Å². The summed E-state index contributed by atoms with van der Waals surface area (Å²) in [6, 6.07) is 4.25. The van der Waals surface area contributed by atoms with Gasteiger partial charge < -0.3 is 4.74 Å². The monoisotopic (exact) mass is 398 g/mol. The summed E-state index contributed by atoms with van der Waals surface area (Å²) >= 11 is 10.4. The maximum absolute atomic E-state index is 5.61. The zero-order valence-electron chi connectivity index (χ0n) is 8.53. The Balaban J connectivity index is 2.88. The molecule has 0 spiro atoms. The maximum atomic E-state index is 5.61. The van der Waals surface area contributed by atoms with Crippen molar-refractivity contribution < 1.29 is 4.74 Å². The molecule has 0 amide bonds. The number of ether oxygens (including phenoxy) is 1. The number of alkyl halides is 1. The first-order valence-electron chi connectivity index (χ1n) is 4.85. The Kier molecular flexibility index (Phi) is 6.24. The summed E-state index contributed by atoms with van der Waals surface area (Å²) in [4.78, 5) is 0. The molecular weight excluding hydrogens is 388 g/mol. The van der Waals surface area contributed by atoms with Crippen LogP contribution in [0.4, 0.5) is 0 Å². The molecule has 0 atom stereocenters. The normalized spacial score (nSPS) is 10.4. The number of halogens is 3. The molecule has 84 valence electrons. The molecule has 0 aliphatic heterocycles. The van der Waals surface area contributed by atoms with Crippen molar-refractivity contribution in [1.29, 1.82) is 0 Å². The molecule has 15 heavy (non-hydrogen) atoms. The van der Waals surface area contributed by atoms with Crippen LogP contribution in [0.1, 0.15) is 18.9 Å². The van der Waals surface area contributed by atoms with Crippen LogP contribution in [0.25, 0.3) is 0 Å². The lowest BCUT2D eigenvalue weighted by molar-refractivity contribution is 0.340. The first kappa shape index (κ1) is 13.5. The second kappa shape index (κ2) is 6.92.